The zero-order chi connectivity index (χ0) is 21.7. The van der Waals surface area contributed by atoms with Gasteiger partial charge in [-0.1, -0.05) is 12.1 Å². The second-order valence-electron chi connectivity index (χ2n) is 6.36. The van der Waals surface area contributed by atoms with Crippen LogP contribution in [-0.4, -0.2) is 38.3 Å². The maximum absolute atomic E-state index is 12.3. The Balaban J connectivity index is 1.60. The number of ether oxygens (including phenoxy) is 2. The van der Waals surface area contributed by atoms with E-state index >= 15 is 0 Å². The number of rotatable bonds is 7. The number of hydrogen-bond acceptors (Lipinski definition) is 7. The normalized spacial score (nSPS) is 11.2. The number of benzene rings is 2. The summed E-state index contributed by atoms with van der Waals surface area (Å²) >= 11 is 1.53. The minimum atomic E-state index is -0.442. The van der Waals surface area contributed by atoms with Crippen LogP contribution in [0.25, 0.3) is 10.1 Å². The highest BCUT2D eigenvalue weighted by Gasteiger charge is 2.13. The second kappa shape index (κ2) is 9.27. The average molecular weight is 426 g/mol. The standard InChI is InChI=1S/C21H22N4O4S/c1-12(15-11-30-20-14(15)5-4-6-16(20)22)24-25-19(26)10-23-21(27)13-7-8-17(28-2)18(9-13)29-3/h4-9,11H,10,22H2,1-3H3,(H,23,27)(H,25,26). The summed E-state index contributed by atoms with van der Waals surface area (Å²) in [5.41, 5.74) is 11.0. The number of carbonyl (C=O) groups is 2. The zero-order valence-electron chi connectivity index (χ0n) is 16.8. The highest BCUT2D eigenvalue weighted by atomic mass is 32.1. The molecule has 3 rings (SSSR count). The first kappa shape index (κ1) is 21.1. The van der Waals surface area contributed by atoms with Gasteiger partial charge in [0.2, 0.25) is 0 Å². The lowest BCUT2D eigenvalue weighted by Gasteiger charge is -2.09. The molecule has 0 radical (unpaired) electrons. The van der Waals surface area contributed by atoms with E-state index in [0.717, 1.165) is 15.6 Å². The quantitative estimate of drug-likeness (QED) is 0.305. The van der Waals surface area contributed by atoms with E-state index < -0.39 is 11.8 Å². The van der Waals surface area contributed by atoms with Crippen molar-refractivity contribution < 1.29 is 19.1 Å². The highest BCUT2D eigenvalue weighted by Crippen LogP contribution is 2.31. The summed E-state index contributed by atoms with van der Waals surface area (Å²) < 4.78 is 11.3. The van der Waals surface area contributed by atoms with Gasteiger partial charge in [-0.05, 0) is 31.2 Å². The van der Waals surface area contributed by atoms with Crippen LogP contribution in [0, 0.1) is 0 Å². The Morgan fingerprint density at radius 3 is 2.63 bits per heavy atom. The van der Waals surface area contributed by atoms with Gasteiger partial charge in [0.1, 0.15) is 0 Å². The first-order valence-corrected chi connectivity index (χ1v) is 9.92. The lowest BCUT2D eigenvalue weighted by atomic mass is 10.1. The summed E-state index contributed by atoms with van der Waals surface area (Å²) in [7, 11) is 3.00. The second-order valence-corrected chi connectivity index (χ2v) is 7.24. The van der Waals surface area contributed by atoms with Crippen molar-refractivity contribution in [2.75, 3.05) is 26.5 Å². The van der Waals surface area contributed by atoms with Gasteiger partial charge >= 0.3 is 0 Å². The van der Waals surface area contributed by atoms with E-state index in [0.29, 0.717) is 28.5 Å². The maximum Gasteiger partial charge on any atom is 0.259 e. The van der Waals surface area contributed by atoms with Crippen LogP contribution in [0.3, 0.4) is 0 Å². The number of hydrazone groups is 1. The molecule has 0 saturated heterocycles. The maximum atomic E-state index is 12.3. The van der Waals surface area contributed by atoms with Crippen LogP contribution in [0.4, 0.5) is 5.69 Å². The number of carbonyl (C=O) groups excluding carboxylic acids is 2. The monoisotopic (exact) mass is 426 g/mol. The first-order chi connectivity index (χ1) is 14.4. The molecule has 0 aliphatic carbocycles. The molecule has 0 unspecified atom stereocenters. The minimum absolute atomic E-state index is 0.221. The van der Waals surface area contributed by atoms with Crippen molar-refractivity contribution in [3.8, 4) is 11.5 Å². The van der Waals surface area contributed by atoms with Crippen molar-refractivity contribution in [2.45, 2.75) is 6.92 Å². The molecule has 9 heteroatoms. The molecule has 0 spiro atoms. The summed E-state index contributed by atoms with van der Waals surface area (Å²) in [6, 6.07) is 10.4. The molecule has 0 fully saturated rings. The van der Waals surface area contributed by atoms with Crippen LogP contribution in [0.2, 0.25) is 0 Å². The van der Waals surface area contributed by atoms with Gasteiger partial charge in [0.25, 0.3) is 11.8 Å². The van der Waals surface area contributed by atoms with E-state index in [9.17, 15) is 9.59 Å². The SMILES string of the molecule is COc1ccc(C(=O)NCC(=O)NN=C(C)c2csc3c(N)cccc23)cc1OC. The fraction of sp³-hybridized carbons (Fsp3) is 0.190. The Hall–Kier alpha value is -3.59. The molecule has 0 aliphatic heterocycles. The zero-order valence-corrected chi connectivity index (χ0v) is 17.6. The average Bonchev–Trinajstić information content (AvgIpc) is 3.20. The predicted molar refractivity (Wildman–Crippen MR) is 118 cm³/mol. The summed E-state index contributed by atoms with van der Waals surface area (Å²) in [6.07, 6.45) is 0. The van der Waals surface area contributed by atoms with Gasteiger partial charge in [-0.3, -0.25) is 9.59 Å². The lowest BCUT2D eigenvalue weighted by molar-refractivity contribution is -0.120. The van der Waals surface area contributed by atoms with Crippen molar-refractivity contribution in [3.63, 3.8) is 0 Å². The molecule has 1 heterocycles. The van der Waals surface area contributed by atoms with Crippen molar-refractivity contribution in [3.05, 3.63) is 52.9 Å². The van der Waals surface area contributed by atoms with E-state index in [1.807, 2.05) is 23.6 Å². The Kier molecular flexibility index (Phi) is 6.53. The molecule has 2 aromatic carbocycles. The van der Waals surface area contributed by atoms with E-state index in [2.05, 4.69) is 15.8 Å². The number of nitrogens with zero attached hydrogens (tertiary/aromatic N) is 1. The van der Waals surface area contributed by atoms with Gasteiger partial charge in [-0.25, -0.2) is 5.43 Å². The fourth-order valence-corrected chi connectivity index (χ4v) is 3.89. The third-order valence-electron chi connectivity index (χ3n) is 4.42. The van der Waals surface area contributed by atoms with E-state index in [1.54, 1.807) is 25.1 Å². The number of nitrogens with one attached hydrogen (secondary N) is 2. The Labute approximate surface area is 177 Å². The molecule has 0 aliphatic rings. The number of anilines is 1. The van der Waals surface area contributed by atoms with Crippen molar-refractivity contribution in [1.29, 1.82) is 0 Å². The van der Waals surface area contributed by atoms with E-state index in [-0.39, 0.29) is 6.54 Å². The summed E-state index contributed by atoms with van der Waals surface area (Å²) in [5, 5.41) is 9.63. The van der Waals surface area contributed by atoms with Gasteiger partial charge in [-0.15, -0.1) is 11.3 Å². The molecule has 1 aromatic heterocycles. The molecule has 2 amide bonds. The number of fused-ring (bicyclic) bond motifs is 1. The Bertz CT molecular complexity index is 1120. The number of methoxy groups -OCH3 is 2. The van der Waals surface area contributed by atoms with Crippen LogP contribution in [0.15, 0.2) is 46.9 Å². The van der Waals surface area contributed by atoms with Crippen molar-refractivity contribution >= 4 is 44.6 Å². The van der Waals surface area contributed by atoms with Gasteiger partial charge in [-0.2, -0.15) is 5.10 Å². The topological polar surface area (TPSA) is 115 Å². The molecule has 0 bridgehead atoms. The van der Waals surface area contributed by atoms with Crippen molar-refractivity contribution in [1.82, 2.24) is 10.7 Å². The molecular weight excluding hydrogens is 404 g/mol. The minimum Gasteiger partial charge on any atom is -0.493 e. The van der Waals surface area contributed by atoms with Crippen LogP contribution in [0.5, 0.6) is 11.5 Å². The van der Waals surface area contributed by atoms with Gasteiger partial charge in [0.05, 0.1) is 31.2 Å². The van der Waals surface area contributed by atoms with Crippen LogP contribution >= 0.6 is 11.3 Å². The van der Waals surface area contributed by atoms with E-state index in [4.69, 9.17) is 15.2 Å². The van der Waals surface area contributed by atoms with E-state index in [1.165, 1.54) is 25.6 Å². The third kappa shape index (κ3) is 4.52. The highest BCUT2D eigenvalue weighted by molar-refractivity contribution is 7.18. The van der Waals surface area contributed by atoms with Crippen molar-refractivity contribution in [2.24, 2.45) is 5.10 Å². The first-order valence-electron chi connectivity index (χ1n) is 9.04. The lowest BCUT2D eigenvalue weighted by Crippen LogP contribution is -2.35. The fourth-order valence-electron chi connectivity index (χ4n) is 2.85. The molecule has 8 nitrogen and oxygen atoms in total. The molecule has 0 saturated carbocycles. The number of thiophene rings is 1. The Morgan fingerprint density at radius 1 is 1.13 bits per heavy atom. The Morgan fingerprint density at radius 2 is 1.90 bits per heavy atom. The van der Waals surface area contributed by atoms with Crippen LogP contribution < -0.4 is 25.9 Å². The van der Waals surface area contributed by atoms with Crippen LogP contribution in [0.1, 0.15) is 22.8 Å². The summed E-state index contributed by atoms with van der Waals surface area (Å²) in [5.74, 6) is 0.0890. The molecule has 0 atom stereocenters. The molecule has 156 valence electrons. The van der Waals surface area contributed by atoms with Gasteiger partial charge in [0, 0.05) is 27.6 Å². The number of nitrogens with two attached hydrogens (primary N) is 1. The van der Waals surface area contributed by atoms with Gasteiger partial charge in [0.15, 0.2) is 11.5 Å². The summed E-state index contributed by atoms with van der Waals surface area (Å²) in [4.78, 5) is 24.4. The number of nitrogen functional groups attached to an aromatic ring is 1. The largest absolute Gasteiger partial charge is 0.493 e. The van der Waals surface area contributed by atoms with Crippen LogP contribution in [-0.2, 0) is 4.79 Å². The molecule has 3 aromatic rings. The summed E-state index contributed by atoms with van der Waals surface area (Å²) in [6.45, 7) is 1.58. The van der Waals surface area contributed by atoms with Gasteiger partial charge < -0.3 is 20.5 Å². The number of hydrogen-bond donors (Lipinski definition) is 3. The molecule has 30 heavy (non-hydrogen) atoms. The number of amides is 2. The molecular formula is C21H22N4O4S. The smallest absolute Gasteiger partial charge is 0.259 e. The molecule has 4 N–H and O–H groups in total. The predicted octanol–water partition coefficient (Wildman–Crippen LogP) is 2.77. The third-order valence-corrected chi connectivity index (χ3v) is 5.47.